The summed E-state index contributed by atoms with van der Waals surface area (Å²) in [6.07, 6.45) is 0. The molecular weight excluding hydrogens is 322 g/mol. The molecule has 1 rings (SSSR count). The van der Waals surface area contributed by atoms with Gasteiger partial charge in [-0.3, -0.25) is 9.59 Å². The normalized spacial score (nSPS) is 10.2. The molecular formula is C14H20BrN3O2. The molecule has 2 amide bonds. The Balaban J connectivity index is 3.06. The molecule has 1 aromatic carbocycles. The van der Waals surface area contributed by atoms with Gasteiger partial charge in [0.05, 0.1) is 6.54 Å². The number of amides is 2. The average molecular weight is 342 g/mol. The topological polar surface area (TPSA) is 66.6 Å². The molecule has 0 fully saturated rings. The Morgan fingerprint density at radius 3 is 2.40 bits per heavy atom. The van der Waals surface area contributed by atoms with Gasteiger partial charge < -0.3 is 15.5 Å². The maximum absolute atomic E-state index is 12.5. The second kappa shape index (κ2) is 6.74. The van der Waals surface area contributed by atoms with Gasteiger partial charge in [-0.25, -0.2) is 0 Å². The fourth-order valence-corrected chi connectivity index (χ4v) is 2.20. The van der Waals surface area contributed by atoms with E-state index in [4.69, 9.17) is 5.73 Å². The lowest BCUT2D eigenvalue weighted by atomic mass is 10.1. The standard InChI is InChI=1S/C14H20BrN3O2/c1-5-18(8-13(19)17(3)4)14(20)11-6-10(15)7-12(16)9(11)2/h6-7H,5,8,16H2,1-4H3. The second-order valence-corrected chi connectivity index (χ2v) is 5.69. The van der Waals surface area contributed by atoms with Crippen LogP contribution in [-0.4, -0.2) is 48.8 Å². The van der Waals surface area contributed by atoms with E-state index in [1.807, 2.05) is 6.92 Å². The van der Waals surface area contributed by atoms with E-state index < -0.39 is 0 Å². The number of benzene rings is 1. The first kappa shape index (κ1) is 16.5. The molecule has 20 heavy (non-hydrogen) atoms. The molecule has 0 aliphatic rings. The summed E-state index contributed by atoms with van der Waals surface area (Å²) in [4.78, 5) is 27.3. The van der Waals surface area contributed by atoms with Gasteiger partial charge in [0.25, 0.3) is 5.91 Å². The highest BCUT2D eigenvalue weighted by molar-refractivity contribution is 9.10. The van der Waals surface area contributed by atoms with E-state index in [-0.39, 0.29) is 18.4 Å². The van der Waals surface area contributed by atoms with Crippen molar-refractivity contribution in [3.05, 3.63) is 27.7 Å². The Bertz CT molecular complexity index is 529. The van der Waals surface area contributed by atoms with Crippen LogP contribution in [0, 0.1) is 6.92 Å². The smallest absolute Gasteiger partial charge is 0.254 e. The fraction of sp³-hybridized carbons (Fsp3) is 0.429. The Morgan fingerprint density at radius 2 is 1.90 bits per heavy atom. The lowest BCUT2D eigenvalue weighted by molar-refractivity contribution is -0.129. The zero-order valence-corrected chi connectivity index (χ0v) is 13.8. The summed E-state index contributed by atoms with van der Waals surface area (Å²) >= 11 is 3.33. The molecule has 2 N–H and O–H groups in total. The monoisotopic (exact) mass is 341 g/mol. The van der Waals surface area contributed by atoms with Crippen LogP contribution >= 0.6 is 15.9 Å². The lowest BCUT2D eigenvalue weighted by Gasteiger charge is -2.23. The number of halogens is 1. The summed E-state index contributed by atoms with van der Waals surface area (Å²) in [5.41, 5.74) is 7.68. The van der Waals surface area contributed by atoms with Crippen LogP contribution in [0.2, 0.25) is 0 Å². The third-order valence-corrected chi connectivity index (χ3v) is 3.59. The van der Waals surface area contributed by atoms with Crippen molar-refractivity contribution >= 4 is 33.4 Å². The maximum atomic E-state index is 12.5. The molecule has 1 aromatic rings. The first-order valence-corrected chi connectivity index (χ1v) is 7.12. The molecule has 6 heteroatoms. The van der Waals surface area contributed by atoms with E-state index in [1.54, 1.807) is 33.2 Å². The molecule has 0 aliphatic heterocycles. The van der Waals surface area contributed by atoms with Crippen molar-refractivity contribution in [2.75, 3.05) is 32.9 Å². The summed E-state index contributed by atoms with van der Waals surface area (Å²) in [5.74, 6) is -0.297. The summed E-state index contributed by atoms with van der Waals surface area (Å²) in [6.45, 7) is 4.17. The number of rotatable bonds is 4. The number of hydrogen-bond acceptors (Lipinski definition) is 3. The van der Waals surface area contributed by atoms with Crippen molar-refractivity contribution in [3.8, 4) is 0 Å². The van der Waals surface area contributed by atoms with Crippen LogP contribution in [0.15, 0.2) is 16.6 Å². The number of nitrogens with zero attached hydrogens (tertiary/aromatic N) is 2. The highest BCUT2D eigenvalue weighted by Crippen LogP contribution is 2.24. The van der Waals surface area contributed by atoms with Crippen molar-refractivity contribution in [2.24, 2.45) is 0 Å². The van der Waals surface area contributed by atoms with Crippen LogP contribution < -0.4 is 5.73 Å². The molecule has 5 nitrogen and oxygen atoms in total. The van der Waals surface area contributed by atoms with Crippen LogP contribution in [0.1, 0.15) is 22.8 Å². The van der Waals surface area contributed by atoms with Crippen LogP contribution in [0.3, 0.4) is 0 Å². The number of carbonyl (C=O) groups is 2. The van der Waals surface area contributed by atoms with Crippen LogP contribution in [0.4, 0.5) is 5.69 Å². The zero-order valence-electron chi connectivity index (χ0n) is 12.2. The SMILES string of the molecule is CCN(CC(=O)N(C)C)C(=O)c1cc(Br)cc(N)c1C. The van der Waals surface area contributed by atoms with Crippen LogP contribution in [-0.2, 0) is 4.79 Å². The van der Waals surface area contributed by atoms with E-state index in [0.717, 1.165) is 10.0 Å². The van der Waals surface area contributed by atoms with E-state index >= 15 is 0 Å². The number of hydrogen-bond donors (Lipinski definition) is 1. The quantitative estimate of drug-likeness (QED) is 0.850. The molecule has 0 atom stereocenters. The largest absolute Gasteiger partial charge is 0.398 e. The van der Waals surface area contributed by atoms with E-state index in [1.165, 1.54) is 9.80 Å². The first-order valence-electron chi connectivity index (χ1n) is 6.33. The minimum atomic E-state index is -0.187. The van der Waals surface area contributed by atoms with Gasteiger partial charge in [-0.2, -0.15) is 0 Å². The number of likely N-dealkylation sites (N-methyl/N-ethyl adjacent to an activating group) is 2. The number of anilines is 1. The molecule has 0 spiro atoms. The van der Waals surface area contributed by atoms with Crippen LogP contribution in [0.5, 0.6) is 0 Å². The molecule has 0 saturated carbocycles. The summed E-state index contributed by atoms with van der Waals surface area (Å²) < 4.78 is 0.749. The van der Waals surface area contributed by atoms with E-state index in [0.29, 0.717) is 17.8 Å². The maximum Gasteiger partial charge on any atom is 0.254 e. The Labute approximate surface area is 127 Å². The second-order valence-electron chi connectivity index (χ2n) is 4.78. The van der Waals surface area contributed by atoms with Crippen molar-refractivity contribution in [2.45, 2.75) is 13.8 Å². The predicted molar refractivity (Wildman–Crippen MR) is 83.6 cm³/mol. The van der Waals surface area contributed by atoms with Gasteiger partial charge in [-0.1, -0.05) is 15.9 Å². The van der Waals surface area contributed by atoms with Gasteiger partial charge in [0.15, 0.2) is 0 Å². The molecule has 0 aromatic heterocycles. The summed E-state index contributed by atoms with van der Waals surface area (Å²) in [5, 5.41) is 0. The van der Waals surface area contributed by atoms with Gasteiger partial charge >= 0.3 is 0 Å². The highest BCUT2D eigenvalue weighted by Gasteiger charge is 2.21. The van der Waals surface area contributed by atoms with Gasteiger partial charge in [-0.15, -0.1) is 0 Å². The van der Waals surface area contributed by atoms with E-state index in [9.17, 15) is 9.59 Å². The van der Waals surface area contributed by atoms with Gasteiger partial charge in [0, 0.05) is 36.4 Å². The van der Waals surface area contributed by atoms with Gasteiger partial charge in [0.2, 0.25) is 5.91 Å². The molecule has 0 aliphatic carbocycles. The zero-order chi connectivity index (χ0) is 15.4. The number of nitrogen functional groups attached to an aromatic ring is 1. The van der Waals surface area contributed by atoms with Crippen molar-refractivity contribution < 1.29 is 9.59 Å². The lowest BCUT2D eigenvalue weighted by Crippen LogP contribution is -2.40. The minimum absolute atomic E-state index is 0.0637. The summed E-state index contributed by atoms with van der Waals surface area (Å²) in [7, 11) is 3.34. The Kier molecular flexibility index (Phi) is 5.56. The Hall–Kier alpha value is -1.56. The molecule has 0 bridgehead atoms. The van der Waals surface area contributed by atoms with Gasteiger partial charge in [0.1, 0.15) is 0 Å². The highest BCUT2D eigenvalue weighted by atomic mass is 79.9. The number of carbonyl (C=O) groups excluding carboxylic acids is 2. The third kappa shape index (κ3) is 3.72. The molecule has 0 unspecified atom stereocenters. The molecule has 110 valence electrons. The minimum Gasteiger partial charge on any atom is -0.398 e. The fourth-order valence-electron chi connectivity index (χ4n) is 1.72. The third-order valence-electron chi connectivity index (χ3n) is 3.14. The molecule has 0 saturated heterocycles. The predicted octanol–water partition coefficient (Wildman–Crippen LogP) is 1.89. The summed E-state index contributed by atoms with van der Waals surface area (Å²) in [6, 6.07) is 3.49. The number of nitrogens with two attached hydrogens (primary N) is 1. The van der Waals surface area contributed by atoms with E-state index in [2.05, 4.69) is 15.9 Å². The van der Waals surface area contributed by atoms with Crippen molar-refractivity contribution in [3.63, 3.8) is 0 Å². The van der Waals surface area contributed by atoms with Crippen molar-refractivity contribution in [1.29, 1.82) is 0 Å². The molecule has 0 radical (unpaired) electrons. The average Bonchev–Trinajstić information content (AvgIpc) is 2.38. The first-order chi connectivity index (χ1) is 9.27. The van der Waals surface area contributed by atoms with Crippen molar-refractivity contribution in [1.82, 2.24) is 9.80 Å². The Morgan fingerprint density at radius 1 is 1.30 bits per heavy atom. The van der Waals surface area contributed by atoms with Crippen LogP contribution in [0.25, 0.3) is 0 Å². The molecule has 0 heterocycles. The van der Waals surface area contributed by atoms with Gasteiger partial charge in [-0.05, 0) is 31.5 Å².